The lowest BCUT2D eigenvalue weighted by atomic mass is 9.69. The van der Waals surface area contributed by atoms with Gasteiger partial charge >= 0.3 is 0 Å². The van der Waals surface area contributed by atoms with Gasteiger partial charge in [-0.1, -0.05) is 73.7 Å². The molecule has 302 valence electrons. The maximum Gasteiger partial charge on any atom is 0.213 e. The zero-order chi connectivity index (χ0) is 42.2. The monoisotopic (exact) mass is 814 g/mol. The summed E-state index contributed by atoms with van der Waals surface area (Å²) in [6.45, 7) is 7.03. The topological polar surface area (TPSA) is 48.8 Å². The number of para-hydroxylation sites is 2. The smallest absolute Gasteiger partial charge is 0.213 e. The number of benzene rings is 6. The van der Waals surface area contributed by atoms with Gasteiger partial charge in [0.2, 0.25) is 5.69 Å². The Bertz CT molecular complexity index is 3280. The molecular formula is C57H44N5O+. The molecule has 0 fully saturated rings. The van der Waals surface area contributed by atoms with Crippen LogP contribution in [0, 0.1) is 0 Å². The predicted molar refractivity (Wildman–Crippen MR) is 256 cm³/mol. The van der Waals surface area contributed by atoms with Crippen LogP contribution in [0.5, 0.6) is 11.5 Å². The molecule has 0 saturated carbocycles. The molecule has 0 radical (unpaired) electrons. The highest BCUT2D eigenvalue weighted by Crippen LogP contribution is 2.46. The van der Waals surface area contributed by atoms with Crippen molar-refractivity contribution >= 4 is 43.9 Å². The number of aromatic nitrogens is 5. The third kappa shape index (κ3) is 5.82. The SMILES string of the molecule is CCC1(C)c2ccc(Oc3cc(-c4ccc(-n5c6ccccc6c6ncccc65)cc4)cc(-c4ccc(-n5c6ccccc6c6ncccc65)cc4)c3)cc2-c2cccc[n+]2[C@H]1C. The number of ether oxygens (including phenoxy) is 1. The fourth-order valence-electron chi connectivity index (χ4n) is 10.2. The Morgan fingerprint density at radius 1 is 0.540 bits per heavy atom. The van der Waals surface area contributed by atoms with Crippen LogP contribution in [0.1, 0.15) is 38.8 Å². The molecule has 1 aliphatic heterocycles. The van der Waals surface area contributed by atoms with Crippen LogP contribution in [0.25, 0.3) is 88.8 Å². The Kier molecular flexibility index (Phi) is 8.44. The van der Waals surface area contributed by atoms with E-state index in [-0.39, 0.29) is 5.41 Å². The van der Waals surface area contributed by atoms with E-state index < -0.39 is 0 Å². The van der Waals surface area contributed by atoms with E-state index in [4.69, 9.17) is 14.7 Å². The summed E-state index contributed by atoms with van der Waals surface area (Å²) < 4.78 is 14.0. The molecule has 2 atom stereocenters. The standard InChI is InChI=1S/C57H44N5O/c1-4-57(3)37(2)60-32-10-9-15-50(60)48-36-44(28-29-49(48)57)63-45-34-40(38-20-24-42(25-21-38)61-51-16-7-5-13-46(51)55-53(61)18-11-30-58-55)33-41(35-45)39-22-26-43(27-23-39)62-52-17-8-6-14-47(52)56-54(62)19-12-31-59-56/h5-37H,4H2,1-3H3/q+1/t37-,57?/m0/s1. The Morgan fingerprint density at radius 2 is 1.08 bits per heavy atom. The van der Waals surface area contributed by atoms with Crippen molar-refractivity contribution in [3.05, 3.63) is 200 Å². The van der Waals surface area contributed by atoms with Gasteiger partial charge in [0.25, 0.3) is 0 Å². The second-order valence-electron chi connectivity index (χ2n) is 17.0. The van der Waals surface area contributed by atoms with Crippen LogP contribution in [0.15, 0.2) is 195 Å². The molecule has 6 heterocycles. The molecule has 12 rings (SSSR count). The highest BCUT2D eigenvalue weighted by Gasteiger charge is 2.45. The lowest BCUT2D eigenvalue weighted by Crippen LogP contribution is -2.53. The van der Waals surface area contributed by atoms with Crippen molar-refractivity contribution in [3.63, 3.8) is 0 Å². The van der Waals surface area contributed by atoms with Crippen molar-refractivity contribution in [1.82, 2.24) is 19.1 Å². The lowest BCUT2D eigenvalue weighted by Gasteiger charge is -2.37. The molecule has 0 amide bonds. The number of hydrogen-bond donors (Lipinski definition) is 0. The zero-order valence-corrected chi connectivity index (χ0v) is 35.4. The average molecular weight is 815 g/mol. The van der Waals surface area contributed by atoms with Gasteiger partial charge in [-0.3, -0.25) is 9.97 Å². The minimum absolute atomic E-state index is 0.0101. The van der Waals surface area contributed by atoms with Crippen LogP contribution < -0.4 is 9.30 Å². The summed E-state index contributed by atoms with van der Waals surface area (Å²) in [6, 6.07) is 63.1. The number of rotatable bonds is 7. The largest absolute Gasteiger partial charge is 0.457 e. The Labute approximate surface area is 366 Å². The zero-order valence-electron chi connectivity index (χ0n) is 35.4. The van der Waals surface area contributed by atoms with E-state index in [1.165, 1.54) is 16.8 Å². The first-order valence-electron chi connectivity index (χ1n) is 21.8. The van der Waals surface area contributed by atoms with E-state index in [1.54, 1.807) is 0 Å². The average Bonchev–Trinajstić information content (AvgIpc) is 3.86. The fraction of sp³-hybridized carbons (Fsp3) is 0.105. The molecule has 5 aromatic heterocycles. The van der Waals surface area contributed by atoms with Crippen LogP contribution in [-0.4, -0.2) is 19.1 Å². The van der Waals surface area contributed by atoms with Crippen molar-refractivity contribution in [3.8, 4) is 56.4 Å². The summed E-state index contributed by atoms with van der Waals surface area (Å²) in [5, 5.41) is 2.29. The fourth-order valence-corrected chi connectivity index (χ4v) is 10.2. The van der Waals surface area contributed by atoms with Gasteiger partial charge in [-0.05, 0) is 145 Å². The molecule has 0 aliphatic carbocycles. The maximum atomic E-state index is 6.94. The summed E-state index contributed by atoms with van der Waals surface area (Å²) in [4.78, 5) is 9.52. The second-order valence-corrected chi connectivity index (χ2v) is 17.0. The van der Waals surface area contributed by atoms with Gasteiger partial charge in [0.1, 0.15) is 11.5 Å². The van der Waals surface area contributed by atoms with Gasteiger partial charge in [-0.2, -0.15) is 4.57 Å². The van der Waals surface area contributed by atoms with E-state index in [9.17, 15) is 0 Å². The Hall–Kier alpha value is -7.83. The predicted octanol–water partition coefficient (Wildman–Crippen LogP) is 14.0. The summed E-state index contributed by atoms with van der Waals surface area (Å²) in [6.07, 6.45) is 6.99. The van der Waals surface area contributed by atoms with E-state index in [0.717, 1.165) is 95.4 Å². The van der Waals surface area contributed by atoms with E-state index in [2.05, 4.69) is 204 Å². The third-order valence-electron chi connectivity index (χ3n) is 13.8. The van der Waals surface area contributed by atoms with E-state index in [0.29, 0.717) is 6.04 Å². The van der Waals surface area contributed by atoms with Gasteiger partial charge in [-0.15, -0.1) is 0 Å². The normalized spacial score (nSPS) is 15.8. The van der Waals surface area contributed by atoms with Crippen LogP contribution >= 0.6 is 0 Å². The molecule has 11 aromatic rings. The molecule has 6 aromatic carbocycles. The highest BCUT2D eigenvalue weighted by atomic mass is 16.5. The molecule has 6 heteroatoms. The Morgan fingerprint density at radius 3 is 1.65 bits per heavy atom. The van der Waals surface area contributed by atoms with Gasteiger partial charge < -0.3 is 13.9 Å². The maximum absolute atomic E-state index is 6.94. The molecule has 0 bridgehead atoms. The molecular weight excluding hydrogens is 771 g/mol. The molecule has 1 aliphatic rings. The van der Waals surface area contributed by atoms with Crippen LogP contribution in [0.3, 0.4) is 0 Å². The van der Waals surface area contributed by atoms with Gasteiger partial charge in [0, 0.05) is 46.7 Å². The van der Waals surface area contributed by atoms with Crippen molar-refractivity contribution in [1.29, 1.82) is 0 Å². The quantitative estimate of drug-likeness (QED) is 0.151. The van der Waals surface area contributed by atoms with Crippen molar-refractivity contribution in [2.24, 2.45) is 0 Å². The number of nitrogens with zero attached hydrogens (tertiary/aromatic N) is 5. The first-order valence-corrected chi connectivity index (χ1v) is 21.8. The lowest BCUT2D eigenvalue weighted by molar-refractivity contribution is -0.720. The van der Waals surface area contributed by atoms with Gasteiger partial charge in [0.15, 0.2) is 12.2 Å². The summed E-state index contributed by atoms with van der Waals surface area (Å²) in [7, 11) is 0. The molecule has 0 N–H and O–H groups in total. The third-order valence-corrected chi connectivity index (χ3v) is 13.8. The number of hydrogen-bond acceptors (Lipinski definition) is 3. The first kappa shape index (κ1) is 37.0. The van der Waals surface area contributed by atoms with Gasteiger partial charge in [-0.25, -0.2) is 0 Å². The van der Waals surface area contributed by atoms with Crippen molar-refractivity contribution in [2.45, 2.75) is 38.6 Å². The molecule has 0 spiro atoms. The molecule has 0 saturated heterocycles. The first-order chi connectivity index (χ1) is 31.0. The van der Waals surface area contributed by atoms with Crippen molar-refractivity contribution in [2.75, 3.05) is 0 Å². The number of pyridine rings is 3. The summed E-state index contributed by atoms with van der Waals surface area (Å²) >= 11 is 0. The van der Waals surface area contributed by atoms with E-state index >= 15 is 0 Å². The minimum Gasteiger partial charge on any atom is -0.457 e. The molecule has 1 unspecified atom stereocenters. The molecule has 63 heavy (non-hydrogen) atoms. The second kappa shape index (κ2) is 14.4. The minimum atomic E-state index is -0.0101. The summed E-state index contributed by atoms with van der Waals surface area (Å²) in [5.74, 6) is 1.59. The van der Waals surface area contributed by atoms with Crippen LogP contribution in [0.2, 0.25) is 0 Å². The van der Waals surface area contributed by atoms with Gasteiger partial charge in [0.05, 0.1) is 44.1 Å². The Balaban J connectivity index is 0.967. The highest BCUT2D eigenvalue weighted by molar-refractivity contribution is 6.08. The van der Waals surface area contributed by atoms with E-state index in [1.807, 2.05) is 24.5 Å². The molecule has 6 nitrogen and oxygen atoms in total. The summed E-state index contributed by atoms with van der Waals surface area (Å²) in [5.41, 5.74) is 16.8. The van der Waals surface area contributed by atoms with Crippen LogP contribution in [-0.2, 0) is 5.41 Å². The number of fused-ring (bicyclic) bond motifs is 9. The van der Waals surface area contributed by atoms with Crippen LogP contribution in [0.4, 0.5) is 0 Å². The van der Waals surface area contributed by atoms with Crippen molar-refractivity contribution < 1.29 is 9.30 Å².